The molecule has 0 spiro atoms. The van der Waals surface area contributed by atoms with Crippen LogP contribution in [-0.4, -0.2) is 14.8 Å². The van der Waals surface area contributed by atoms with Gasteiger partial charge in [0.05, 0.1) is 0 Å². The highest BCUT2D eigenvalue weighted by molar-refractivity contribution is 4.86. The van der Waals surface area contributed by atoms with Gasteiger partial charge in [-0.25, -0.2) is 0 Å². The fourth-order valence-electron chi connectivity index (χ4n) is 2.71. The fourth-order valence-corrected chi connectivity index (χ4v) is 2.71. The van der Waals surface area contributed by atoms with E-state index in [4.69, 9.17) is 0 Å². The molecule has 16 heavy (non-hydrogen) atoms. The Morgan fingerprint density at radius 2 is 2.12 bits per heavy atom. The zero-order chi connectivity index (χ0) is 11.2. The van der Waals surface area contributed by atoms with Crippen LogP contribution in [0.4, 0.5) is 0 Å². The summed E-state index contributed by atoms with van der Waals surface area (Å²) in [5.41, 5.74) is 0. The lowest BCUT2D eigenvalue weighted by molar-refractivity contribution is 0.336. The van der Waals surface area contributed by atoms with Gasteiger partial charge in [0.1, 0.15) is 12.2 Å². The number of hydrogen-bond donors (Lipinski definition) is 0. The number of rotatable bonds is 5. The molecule has 1 fully saturated rings. The highest BCUT2D eigenvalue weighted by Crippen LogP contribution is 2.27. The molecule has 2 rings (SSSR count). The van der Waals surface area contributed by atoms with Gasteiger partial charge < -0.3 is 4.57 Å². The summed E-state index contributed by atoms with van der Waals surface area (Å²) < 4.78 is 2.21. The van der Waals surface area contributed by atoms with Crippen molar-refractivity contribution in [2.75, 3.05) is 0 Å². The standard InChI is InChI=1S/C13H23N3/c1-2-10-16-11-14-15-13(16)9-8-12-6-4-3-5-7-12/h11-12H,2-10H2,1H3. The molecular formula is C13H23N3. The Labute approximate surface area is 98.3 Å². The summed E-state index contributed by atoms with van der Waals surface area (Å²) in [7, 11) is 0. The Balaban J connectivity index is 1.81. The summed E-state index contributed by atoms with van der Waals surface area (Å²) in [6.07, 6.45) is 12.6. The van der Waals surface area contributed by atoms with Crippen molar-refractivity contribution in [3.05, 3.63) is 12.2 Å². The molecule has 3 heteroatoms. The van der Waals surface area contributed by atoms with Crippen LogP contribution < -0.4 is 0 Å². The van der Waals surface area contributed by atoms with Crippen molar-refractivity contribution in [2.45, 2.75) is 64.8 Å². The van der Waals surface area contributed by atoms with E-state index in [0.717, 1.165) is 25.3 Å². The third kappa shape index (κ3) is 3.06. The van der Waals surface area contributed by atoms with E-state index >= 15 is 0 Å². The molecule has 0 atom stereocenters. The van der Waals surface area contributed by atoms with Crippen molar-refractivity contribution in [2.24, 2.45) is 5.92 Å². The first-order valence-corrected chi connectivity index (χ1v) is 6.77. The van der Waals surface area contributed by atoms with Crippen LogP contribution >= 0.6 is 0 Å². The third-order valence-electron chi connectivity index (χ3n) is 3.66. The van der Waals surface area contributed by atoms with Gasteiger partial charge in [-0.15, -0.1) is 10.2 Å². The molecule has 1 heterocycles. The van der Waals surface area contributed by atoms with Crippen LogP contribution in [-0.2, 0) is 13.0 Å². The van der Waals surface area contributed by atoms with Gasteiger partial charge in [0.25, 0.3) is 0 Å². The summed E-state index contributed by atoms with van der Waals surface area (Å²) in [6, 6.07) is 0. The lowest BCUT2D eigenvalue weighted by Gasteiger charge is -2.21. The molecule has 0 N–H and O–H groups in total. The monoisotopic (exact) mass is 221 g/mol. The molecule has 3 nitrogen and oxygen atoms in total. The molecule has 1 aliphatic carbocycles. The van der Waals surface area contributed by atoms with Gasteiger partial charge in [-0.2, -0.15) is 0 Å². The van der Waals surface area contributed by atoms with Crippen molar-refractivity contribution in [1.82, 2.24) is 14.8 Å². The average molecular weight is 221 g/mol. The average Bonchev–Trinajstić information content (AvgIpc) is 2.76. The van der Waals surface area contributed by atoms with Crippen LogP contribution in [0.1, 0.15) is 57.7 Å². The highest BCUT2D eigenvalue weighted by Gasteiger charge is 2.14. The second-order valence-corrected chi connectivity index (χ2v) is 4.98. The number of aryl methyl sites for hydroxylation is 2. The smallest absolute Gasteiger partial charge is 0.132 e. The van der Waals surface area contributed by atoms with Gasteiger partial charge >= 0.3 is 0 Å². The molecule has 1 saturated carbocycles. The lowest BCUT2D eigenvalue weighted by Crippen LogP contribution is -2.10. The van der Waals surface area contributed by atoms with Gasteiger partial charge in [0.2, 0.25) is 0 Å². The predicted molar refractivity (Wildman–Crippen MR) is 65.2 cm³/mol. The number of nitrogens with zero attached hydrogens (tertiary/aromatic N) is 3. The summed E-state index contributed by atoms with van der Waals surface area (Å²) in [6.45, 7) is 3.26. The van der Waals surface area contributed by atoms with Gasteiger partial charge in [-0.1, -0.05) is 39.0 Å². The minimum absolute atomic E-state index is 0.945. The van der Waals surface area contributed by atoms with Crippen molar-refractivity contribution >= 4 is 0 Å². The van der Waals surface area contributed by atoms with Crippen LogP contribution in [0.3, 0.4) is 0 Å². The summed E-state index contributed by atoms with van der Waals surface area (Å²) in [4.78, 5) is 0. The van der Waals surface area contributed by atoms with Crippen molar-refractivity contribution < 1.29 is 0 Å². The van der Waals surface area contributed by atoms with E-state index in [-0.39, 0.29) is 0 Å². The van der Waals surface area contributed by atoms with Crippen molar-refractivity contribution in [1.29, 1.82) is 0 Å². The van der Waals surface area contributed by atoms with Crippen LogP contribution in [0.5, 0.6) is 0 Å². The molecular weight excluding hydrogens is 198 g/mol. The van der Waals surface area contributed by atoms with E-state index in [2.05, 4.69) is 21.7 Å². The Morgan fingerprint density at radius 1 is 1.31 bits per heavy atom. The maximum atomic E-state index is 4.23. The van der Waals surface area contributed by atoms with E-state index < -0.39 is 0 Å². The second kappa shape index (κ2) is 6.02. The highest BCUT2D eigenvalue weighted by atomic mass is 15.3. The van der Waals surface area contributed by atoms with Gasteiger partial charge in [-0.05, 0) is 18.8 Å². The van der Waals surface area contributed by atoms with E-state index in [9.17, 15) is 0 Å². The maximum absolute atomic E-state index is 4.23. The summed E-state index contributed by atoms with van der Waals surface area (Å²) in [5.74, 6) is 2.13. The normalized spacial score (nSPS) is 17.8. The molecule has 0 amide bonds. The molecule has 1 aromatic rings. The fraction of sp³-hybridized carbons (Fsp3) is 0.846. The van der Waals surface area contributed by atoms with E-state index in [1.165, 1.54) is 44.3 Å². The summed E-state index contributed by atoms with van der Waals surface area (Å²) in [5, 5.41) is 8.25. The molecule has 90 valence electrons. The molecule has 0 saturated heterocycles. The largest absolute Gasteiger partial charge is 0.318 e. The minimum Gasteiger partial charge on any atom is -0.318 e. The van der Waals surface area contributed by atoms with Gasteiger partial charge in [0.15, 0.2) is 0 Å². The zero-order valence-electron chi connectivity index (χ0n) is 10.4. The predicted octanol–water partition coefficient (Wildman–Crippen LogP) is 3.20. The van der Waals surface area contributed by atoms with Crippen LogP contribution in [0.25, 0.3) is 0 Å². The van der Waals surface area contributed by atoms with Crippen LogP contribution in [0, 0.1) is 5.92 Å². The van der Waals surface area contributed by atoms with E-state index in [0.29, 0.717) is 0 Å². The van der Waals surface area contributed by atoms with Gasteiger partial charge in [0, 0.05) is 13.0 Å². The Hall–Kier alpha value is -0.860. The molecule has 0 aromatic carbocycles. The topological polar surface area (TPSA) is 30.7 Å². The second-order valence-electron chi connectivity index (χ2n) is 4.98. The van der Waals surface area contributed by atoms with Gasteiger partial charge in [-0.3, -0.25) is 0 Å². The molecule has 0 aliphatic heterocycles. The molecule has 0 unspecified atom stereocenters. The van der Waals surface area contributed by atoms with Crippen LogP contribution in [0.2, 0.25) is 0 Å². The third-order valence-corrected chi connectivity index (χ3v) is 3.66. The zero-order valence-corrected chi connectivity index (χ0v) is 10.4. The van der Waals surface area contributed by atoms with E-state index in [1.807, 2.05) is 6.33 Å². The minimum atomic E-state index is 0.945. The first-order valence-electron chi connectivity index (χ1n) is 6.77. The Bertz CT molecular complexity index is 300. The number of hydrogen-bond acceptors (Lipinski definition) is 2. The molecule has 1 aliphatic rings. The molecule has 1 aromatic heterocycles. The Morgan fingerprint density at radius 3 is 2.88 bits per heavy atom. The van der Waals surface area contributed by atoms with Crippen molar-refractivity contribution in [3.63, 3.8) is 0 Å². The summed E-state index contributed by atoms with van der Waals surface area (Å²) >= 11 is 0. The van der Waals surface area contributed by atoms with Crippen LogP contribution in [0.15, 0.2) is 6.33 Å². The molecule has 0 radical (unpaired) electrons. The van der Waals surface area contributed by atoms with E-state index in [1.54, 1.807) is 0 Å². The maximum Gasteiger partial charge on any atom is 0.132 e. The SMILES string of the molecule is CCCn1cnnc1CCC1CCCCC1. The quantitative estimate of drug-likeness (QED) is 0.764. The Kier molecular flexibility index (Phi) is 4.37. The molecule has 0 bridgehead atoms. The first-order chi connectivity index (χ1) is 7.90. The lowest BCUT2D eigenvalue weighted by atomic mass is 9.86. The first kappa shape index (κ1) is 11.6. The van der Waals surface area contributed by atoms with Crippen molar-refractivity contribution in [3.8, 4) is 0 Å². The number of aromatic nitrogens is 3.